The number of piperidine rings is 1. The third kappa shape index (κ3) is 2.91. The van der Waals surface area contributed by atoms with E-state index in [2.05, 4.69) is 5.32 Å². The van der Waals surface area contributed by atoms with Gasteiger partial charge in [-0.25, -0.2) is 8.42 Å². The van der Waals surface area contributed by atoms with Gasteiger partial charge >= 0.3 is 0 Å². The number of halogens is 1. The Balaban J connectivity index is 1.87. The van der Waals surface area contributed by atoms with Crippen molar-refractivity contribution in [1.29, 1.82) is 0 Å². The topological polar surface area (TPSA) is 72.5 Å². The van der Waals surface area contributed by atoms with Crippen LogP contribution >= 0.6 is 11.6 Å². The van der Waals surface area contributed by atoms with Crippen molar-refractivity contribution in [2.24, 2.45) is 0 Å². The standard InChI is InChI=1S/C20H20ClNO4S/c1-11-4-6-14(8-12(11)2)27(24,25)18-16-10-20(3,22-19(18)23)26-17-7-5-13(21)9-15(16)17/h4-9,16,18H,10H2,1-3H3,(H,22,23)/t16-,18-,20+/m1/s1. The van der Waals surface area contributed by atoms with Crippen LogP contribution in [0.25, 0.3) is 0 Å². The van der Waals surface area contributed by atoms with Gasteiger partial charge in [0.15, 0.2) is 20.8 Å². The van der Waals surface area contributed by atoms with Crippen LogP contribution in [0.2, 0.25) is 5.02 Å². The van der Waals surface area contributed by atoms with Gasteiger partial charge in [-0.05, 0) is 62.2 Å². The second-order valence-corrected chi connectivity index (χ2v) is 10.0. The molecule has 1 N–H and O–H groups in total. The fraction of sp³-hybridized carbons (Fsp3) is 0.350. The largest absolute Gasteiger partial charge is 0.468 e. The molecule has 4 rings (SSSR count). The molecule has 0 radical (unpaired) electrons. The zero-order valence-electron chi connectivity index (χ0n) is 15.2. The van der Waals surface area contributed by atoms with Gasteiger partial charge in [0, 0.05) is 22.9 Å². The van der Waals surface area contributed by atoms with Crippen LogP contribution in [-0.2, 0) is 14.6 Å². The summed E-state index contributed by atoms with van der Waals surface area (Å²) in [4.78, 5) is 13.0. The number of carbonyl (C=O) groups excluding carboxylic acids is 1. The molecule has 1 saturated heterocycles. The van der Waals surface area contributed by atoms with E-state index in [1.54, 1.807) is 43.3 Å². The van der Waals surface area contributed by atoms with E-state index in [0.29, 0.717) is 22.8 Å². The number of amides is 1. The molecule has 0 unspecified atom stereocenters. The summed E-state index contributed by atoms with van der Waals surface area (Å²) in [5.41, 5.74) is 1.59. The van der Waals surface area contributed by atoms with Gasteiger partial charge in [0.1, 0.15) is 5.75 Å². The zero-order chi connectivity index (χ0) is 19.6. The highest BCUT2D eigenvalue weighted by atomic mass is 35.5. The predicted octanol–water partition coefficient (Wildman–Crippen LogP) is 3.51. The molecule has 0 aliphatic carbocycles. The SMILES string of the molecule is Cc1ccc(S(=O)(=O)[C@H]2C(=O)N[C@]3(C)C[C@@H]2c2cc(Cl)ccc2O3)cc1C. The van der Waals surface area contributed by atoms with Gasteiger partial charge in [0.05, 0.1) is 4.90 Å². The minimum absolute atomic E-state index is 0.157. The van der Waals surface area contributed by atoms with Gasteiger partial charge in [0.25, 0.3) is 0 Å². The highest BCUT2D eigenvalue weighted by Crippen LogP contribution is 2.47. The fourth-order valence-electron chi connectivity index (χ4n) is 3.97. The summed E-state index contributed by atoms with van der Waals surface area (Å²) >= 11 is 6.14. The van der Waals surface area contributed by atoms with Crippen LogP contribution in [0.3, 0.4) is 0 Å². The van der Waals surface area contributed by atoms with Gasteiger partial charge < -0.3 is 10.1 Å². The summed E-state index contributed by atoms with van der Waals surface area (Å²) in [5, 5.41) is 2.01. The highest BCUT2D eigenvalue weighted by Gasteiger charge is 2.54. The molecule has 2 bridgehead atoms. The first kappa shape index (κ1) is 18.3. The van der Waals surface area contributed by atoms with E-state index in [-0.39, 0.29) is 4.90 Å². The van der Waals surface area contributed by atoms with E-state index >= 15 is 0 Å². The smallest absolute Gasteiger partial charge is 0.242 e. The average molecular weight is 406 g/mol. The molecule has 2 aliphatic heterocycles. The molecular weight excluding hydrogens is 386 g/mol. The summed E-state index contributed by atoms with van der Waals surface area (Å²) < 4.78 is 32.8. The fourth-order valence-corrected chi connectivity index (χ4v) is 6.06. The molecular formula is C20H20ClNO4S. The molecule has 2 aromatic rings. The number of fused-ring (bicyclic) bond motifs is 4. The van der Waals surface area contributed by atoms with E-state index in [1.165, 1.54) is 0 Å². The lowest BCUT2D eigenvalue weighted by atomic mass is 9.81. The zero-order valence-corrected chi connectivity index (χ0v) is 16.8. The first-order valence-corrected chi connectivity index (χ1v) is 10.6. The van der Waals surface area contributed by atoms with Crippen molar-refractivity contribution < 1.29 is 17.9 Å². The first-order chi connectivity index (χ1) is 12.6. The second-order valence-electron chi connectivity index (χ2n) is 7.53. The normalized spacial score (nSPS) is 26.7. The Kier molecular flexibility index (Phi) is 4.05. The van der Waals surface area contributed by atoms with Crippen molar-refractivity contribution in [2.75, 3.05) is 0 Å². The molecule has 0 aromatic heterocycles. The lowest BCUT2D eigenvalue weighted by Crippen LogP contribution is -2.63. The van der Waals surface area contributed by atoms with Crippen LogP contribution < -0.4 is 10.1 Å². The molecule has 0 saturated carbocycles. The maximum absolute atomic E-state index is 13.4. The van der Waals surface area contributed by atoms with Crippen LogP contribution in [0.15, 0.2) is 41.3 Å². The number of rotatable bonds is 2. The molecule has 2 aromatic carbocycles. The molecule has 0 spiro atoms. The number of aryl methyl sites for hydroxylation is 2. The molecule has 3 atom stereocenters. The molecule has 5 nitrogen and oxygen atoms in total. The molecule has 7 heteroatoms. The number of hydrogen-bond donors (Lipinski definition) is 1. The van der Waals surface area contributed by atoms with Crippen molar-refractivity contribution >= 4 is 27.3 Å². The van der Waals surface area contributed by atoms with Crippen LogP contribution in [0.1, 0.15) is 36.0 Å². The van der Waals surface area contributed by atoms with Crippen LogP contribution in [0, 0.1) is 13.8 Å². The van der Waals surface area contributed by atoms with Crippen molar-refractivity contribution in [3.8, 4) is 5.75 Å². The summed E-state index contributed by atoms with van der Waals surface area (Å²) in [7, 11) is -3.89. The van der Waals surface area contributed by atoms with Crippen molar-refractivity contribution in [1.82, 2.24) is 5.32 Å². The minimum atomic E-state index is -3.89. The molecule has 1 fully saturated rings. The second kappa shape index (κ2) is 5.97. The maximum Gasteiger partial charge on any atom is 0.242 e. The molecule has 2 aliphatic rings. The Labute approximate surface area is 163 Å². The number of ether oxygens (including phenoxy) is 1. The molecule has 27 heavy (non-hydrogen) atoms. The lowest BCUT2D eigenvalue weighted by molar-refractivity contribution is -0.132. The molecule has 142 valence electrons. The monoisotopic (exact) mass is 405 g/mol. The van der Waals surface area contributed by atoms with Crippen LogP contribution in [-0.4, -0.2) is 25.3 Å². The van der Waals surface area contributed by atoms with Gasteiger partial charge in [-0.2, -0.15) is 0 Å². The lowest BCUT2D eigenvalue weighted by Gasteiger charge is -2.46. The van der Waals surface area contributed by atoms with Gasteiger partial charge in [-0.15, -0.1) is 0 Å². The van der Waals surface area contributed by atoms with E-state index in [9.17, 15) is 13.2 Å². The van der Waals surface area contributed by atoms with E-state index in [0.717, 1.165) is 11.1 Å². The van der Waals surface area contributed by atoms with Gasteiger partial charge in [-0.1, -0.05) is 17.7 Å². The van der Waals surface area contributed by atoms with E-state index in [1.807, 2.05) is 13.8 Å². The third-order valence-corrected chi connectivity index (χ3v) is 7.83. The Morgan fingerprint density at radius 3 is 2.59 bits per heavy atom. The summed E-state index contributed by atoms with van der Waals surface area (Å²) in [6.45, 7) is 5.53. The number of benzene rings is 2. The maximum atomic E-state index is 13.4. The van der Waals surface area contributed by atoms with Crippen molar-refractivity contribution in [2.45, 2.75) is 49.0 Å². The van der Waals surface area contributed by atoms with Crippen LogP contribution in [0.4, 0.5) is 0 Å². The number of hydrogen-bond acceptors (Lipinski definition) is 4. The molecule has 1 amide bonds. The third-order valence-electron chi connectivity index (χ3n) is 5.47. The Bertz CT molecular complexity index is 1070. The summed E-state index contributed by atoms with van der Waals surface area (Å²) in [6, 6.07) is 10.1. The summed E-state index contributed by atoms with van der Waals surface area (Å²) in [6.07, 6.45) is 0.362. The number of carbonyl (C=O) groups is 1. The highest BCUT2D eigenvalue weighted by molar-refractivity contribution is 7.92. The Morgan fingerprint density at radius 1 is 1.15 bits per heavy atom. The van der Waals surface area contributed by atoms with Crippen molar-refractivity contribution in [3.05, 3.63) is 58.1 Å². The van der Waals surface area contributed by atoms with Gasteiger partial charge in [-0.3, -0.25) is 4.79 Å². The Morgan fingerprint density at radius 2 is 1.89 bits per heavy atom. The minimum Gasteiger partial charge on any atom is -0.468 e. The molecule has 2 heterocycles. The quantitative estimate of drug-likeness (QED) is 0.829. The first-order valence-electron chi connectivity index (χ1n) is 8.72. The number of nitrogens with one attached hydrogen (secondary N) is 1. The van der Waals surface area contributed by atoms with Gasteiger partial charge in [0.2, 0.25) is 5.91 Å². The van der Waals surface area contributed by atoms with E-state index in [4.69, 9.17) is 16.3 Å². The van der Waals surface area contributed by atoms with Crippen LogP contribution in [0.5, 0.6) is 5.75 Å². The summed E-state index contributed by atoms with van der Waals surface area (Å²) in [5.74, 6) is -0.520. The Hall–Kier alpha value is -2.05. The number of sulfone groups is 1. The predicted molar refractivity (Wildman–Crippen MR) is 103 cm³/mol. The van der Waals surface area contributed by atoms with E-state index < -0.39 is 32.6 Å². The average Bonchev–Trinajstić information content (AvgIpc) is 2.57. The van der Waals surface area contributed by atoms with Crippen molar-refractivity contribution in [3.63, 3.8) is 0 Å².